The van der Waals surface area contributed by atoms with Crippen molar-refractivity contribution in [1.82, 2.24) is 14.5 Å². The normalized spacial score (nSPS) is 19.7. The van der Waals surface area contributed by atoms with Crippen LogP contribution in [0, 0.1) is 6.92 Å². The Hall–Kier alpha value is -2.96. The second-order valence-corrected chi connectivity index (χ2v) is 8.82. The van der Waals surface area contributed by atoms with Gasteiger partial charge in [-0.15, -0.1) is 0 Å². The standard InChI is InChI=1S/C26H30N4O2/c1-18-15-20(28-26(31)23-17-29(2)24-6-4-3-5-22(23)24)16-27-25(18)19-7-9-21(10-8-19)30-11-13-32-14-12-30/h3-7,15-17,21H,8-14H2,1-2H3,(H,28,31). The Balaban J connectivity index is 1.29. The van der Waals surface area contributed by atoms with Gasteiger partial charge in [0.2, 0.25) is 0 Å². The van der Waals surface area contributed by atoms with Gasteiger partial charge >= 0.3 is 0 Å². The van der Waals surface area contributed by atoms with Crippen LogP contribution < -0.4 is 5.32 Å². The molecule has 32 heavy (non-hydrogen) atoms. The van der Waals surface area contributed by atoms with Crippen molar-refractivity contribution in [3.63, 3.8) is 0 Å². The number of carbonyl (C=O) groups excluding carboxylic acids is 1. The molecule has 2 aliphatic rings. The van der Waals surface area contributed by atoms with Gasteiger partial charge in [-0.25, -0.2) is 0 Å². The Labute approximate surface area is 188 Å². The summed E-state index contributed by atoms with van der Waals surface area (Å²) in [5.41, 5.74) is 5.91. The monoisotopic (exact) mass is 430 g/mol. The van der Waals surface area contributed by atoms with Crippen LogP contribution in [0.4, 0.5) is 5.69 Å². The molecule has 1 fully saturated rings. The summed E-state index contributed by atoms with van der Waals surface area (Å²) in [6, 6.07) is 10.6. The minimum Gasteiger partial charge on any atom is -0.379 e. The van der Waals surface area contributed by atoms with Gasteiger partial charge in [-0.1, -0.05) is 24.3 Å². The predicted molar refractivity (Wildman–Crippen MR) is 128 cm³/mol. The summed E-state index contributed by atoms with van der Waals surface area (Å²) >= 11 is 0. The van der Waals surface area contributed by atoms with E-state index in [4.69, 9.17) is 9.72 Å². The molecular formula is C26H30N4O2. The van der Waals surface area contributed by atoms with Crippen molar-refractivity contribution in [3.8, 4) is 0 Å². The molecule has 1 N–H and O–H groups in total. The van der Waals surface area contributed by atoms with Gasteiger partial charge in [-0.2, -0.15) is 0 Å². The minimum absolute atomic E-state index is 0.110. The van der Waals surface area contributed by atoms with E-state index in [9.17, 15) is 4.79 Å². The maximum absolute atomic E-state index is 12.9. The average molecular weight is 431 g/mol. The Morgan fingerprint density at radius 3 is 2.78 bits per heavy atom. The molecule has 0 radical (unpaired) electrons. The molecule has 166 valence electrons. The fourth-order valence-corrected chi connectivity index (χ4v) is 5.01. The van der Waals surface area contributed by atoms with Crippen LogP contribution in [-0.2, 0) is 11.8 Å². The van der Waals surface area contributed by atoms with Gasteiger partial charge < -0.3 is 14.6 Å². The van der Waals surface area contributed by atoms with Gasteiger partial charge in [-0.3, -0.25) is 14.7 Å². The number of nitrogens with one attached hydrogen (secondary N) is 1. The molecule has 1 amide bonds. The van der Waals surface area contributed by atoms with Crippen molar-refractivity contribution in [2.45, 2.75) is 32.2 Å². The van der Waals surface area contributed by atoms with Crippen LogP contribution in [0.5, 0.6) is 0 Å². The summed E-state index contributed by atoms with van der Waals surface area (Å²) in [5, 5.41) is 3.99. The highest BCUT2D eigenvalue weighted by Crippen LogP contribution is 2.31. The van der Waals surface area contributed by atoms with Crippen molar-refractivity contribution < 1.29 is 9.53 Å². The molecule has 6 heteroatoms. The first kappa shape index (κ1) is 20.9. The van der Waals surface area contributed by atoms with Crippen molar-refractivity contribution in [3.05, 3.63) is 65.6 Å². The first-order valence-electron chi connectivity index (χ1n) is 11.4. The Kier molecular flexibility index (Phi) is 5.81. The number of fused-ring (bicyclic) bond motifs is 1. The number of para-hydroxylation sites is 1. The quantitative estimate of drug-likeness (QED) is 0.666. The number of ether oxygens (including phenoxy) is 1. The number of pyridine rings is 1. The van der Waals surface area contributed by atoms with Crippen LogP contribution in [0.15, 0.2) is 48.8 Å². The van der Waals surface area contributed by atoms with Crippen molar-refractivity contribution in [2.24, 2.45) is 7.05 Å². The van der Waals surface area contributed by atoms with Gasteiger partial charge in [0, 0.05) is 43.3 Å². The zero-order valence-electron chi connectivity index (χ0n) is 18.8. The third-order valence-electron chi connectivity index (χ3n) is 6.73. The Morgan fingerprint density at radius 1 is 1.22 bits per heavy atom. The number of benzene rings is 1. The van der Waals surface area contributed by atoms with Crippen molar-refractivity contribution >= 4 is 28.1 Å². The number of allylic oxidation sites excluding steroid dienone is 1. The molecule has 0 saturated carbocycles. The lowest BCUT2D eigenvalue weighted by Gasteiger charge is -2.36. The van der Waals surface area contributed by atoms with E-state index in [2.05, 4.69) is 23.2 Å². The Morgan fingerprint density at radius 2 is 2.03 bits per heavy atom. The lowest BCUT2D eigenvalue weighted by atomic mass is 9.90. The number of carbonyl (C=O) groups is 1. The van der Waals surface area contributed by atoms with E-state index in [-0.39, 0.29) is 5.91 Å². The topological polar surface area (TPSA) is 59.4 Å². The molecule has 2 aromatic heterocycles. The number of morpholine rings is 1. The van der Waals surface area contributed by atoms with E-state index >= 15 is 0 Å². The number of rotatable bonds is 4. The number of hydrogen-bond acceptors (Lipinski definition) is 4. The summed E-state index contributed by atoms with van der Waals surface area (Å²) in [4.78, 5) is 20.2. The van der Waals surface area contributed by atoms with E-state index in [1.165, 1.54) is 5.57 Å². The molecule has 1 atom stereocenters. The molecule has 5 rings (SSSR count). The van der Waals surface area contributed by atoms with Gasteiger partial charge in [0.15, 0.2) is 0 Å². The summed E-state index contributed by atoms with van der Waals surface area (Å²) in [6.07, 6.45) is 9.28. The second-order valence-electron chi connectivity index (χ2n) is 8.82. The maximum atomic E-state index is 12.9. The molecule has 3 heterocycles. The first-order chi connectivity index (χ1) is 15.6. The second kappa shape index (κ2) is 8.88. The number of aromatic nitrogens is 2. The van der Waals surface area contributed by atoms with Gasteiger partial charge in [0.05, 0.1) is 36.4 Å². The summed E-state index contributed by atoms with van der Waals surface area (Å²) in [6.45, 7) is 5.84. The number of aryl methyl sites for hydroxylation is 2. The molecule has 1 aliphatic heterocycles. The molecule has 0 bridgehead atoms. The Bertz CT molecular complexity index is 1170. The van der Waals surface area contributed by atoms with E-state index < -0.39 is 0 Å². The highest BCUT2D eigenvalue weighted by molar-refractivity contribution is 6.13. The summed E-state index contributed by atoms with van der Waals surface area (Å²) in [5.74, 6) is -0.110. The first-order valence-corrected chi connectivity index (χ1v) is 11.4. The molecule has 3 aromatic rings. The van der Waals surface area contributed by atoms with E-state index in [0.717, 1.165) is 73.4 Å². The van der Waals surface area contributed by atoms with Gasteiger partial charge in [0.25, 0.3) is 5.91 Å². The highest BCUT2D eigenvalue weighted by atomic mass is 16.5. The predicted octanol–water partition coefficient (Wildman–Crippen LogP) is 4.40. The van der Waals surface area contributed by atoms with Crippen LogP contribution in [0.1, 0.15) is 40.9 Å². The average Bonchev–Trinajstić information content (AvgIpc) is 3.17. The van der Waals surface area contributed by atoms with Crippen LogP contribution >= 0.6 is 0 Å². The lowest BCUT2D eigenvalue weighted by molar-refractivity contribution is 0.0150. The van der Waals surface area contributed by atoms with E-state index in [1.807, 2.05) is 48.1 Å². The summed E-state index contributed by atoms with van der Waals surface area (Å²) < 4.78 is 7.47. The minimum atomic E-state index is -0.110. The third-order valence-corrected chi connectivity index (χ3v) is 6.73. The number of anilines is 1. The zero-order chi connectivity index (χ0) is 22.1. The number of amides is 1. The van der Waals surface area contributed by atoms with Gasteiger partial charge in [-0.05, 0) is 49.5 Å². The lowest BCUT2D eigenvalue weighted by Crippen LogP contribution is -2.43. The van der Waals surface area contributed by atoms with Gasteiger partial charge in [0.1, 0.15) is 0 Å². The van der Waals surface area contributed by atoms with Crippen LogP contribution in [-0.4, -0.2) is 52.7 Å². The largest absolute Gasteiger partial charge is 0.379 e. The van der Waals surface area contributed by atoms with Crippen LogP contribution in [0.2, 0.25) is 0 Å². The van der Waals surface area contributed by atoms with Crippen molar-refractivity contribution in [1.29, 1.82) is 0 Å². The smallest absolute Gasteiger partial charge is 0.257 e. The van der Waals surface area contributed by atoms with Crippen LogP contribution in [0.3, 0.4) is 0 Å². The maximum Gasteiger partial charge on any atom is 0.257 e. The SMILES string of the molecule is Cc1cc(NC(=O)c2cn(C)c3ccccc23)cnc1C1=CCC(N2CCOCC2)CC1. The zero-order valence-corrected chi connectivity index (χ0v) is 18.8. The molecule has 6 nitrogen and oxygen atoms in total. The molecule has 1 aromatic carbocycles. The van der Waals surface area contributed by atoms with Crippen LogP contribution in [0.25, 0.3) is 16.5 Å². The number of nitrogens with zero attached hydrogens (tertiary/aromatic N) is 3. The molecule has 1 saturated heterocycles. The fourth-order valence-electron chi connectivity index (χ4n) is 5.01. The molecular weight excluding hydrogens is 400 g/mol. The molecule has 1 unspecified atom stereocenters. The fraction of sp³-hybridized carbons (Fsp3) is 0.385. The third kappa shape index (κ3) is 4.08. The van der Waals surface area contributed by atoms with E-state index in [1.54, 1.807) is 6.20 Å². The van der Waals surface area contributed by atoms with Crippen molar-refractivity contribution in [2.75, 3.05) is 31.6 Å². The number of hydrogen-bond donors (Lipinski definition) is 1. The van der Waals surface area contributed by atoms with E-state index in [0.29, 0.717) is 11.6 Å². The highest BCUT2D eigenvalue weighted by Gasteiger charge is 2.24. The summed E-state index contributed by atoms with van der Waals surface area (Å²) in [7, 11) is 1.96. The molecule has 1 aliphatic carbocycles. The molecule has 0 spiro atoms.